The quantitative estimate of drug-likeness (QED) is 0.869. The molecule has 1 fully saturated rings. The Morgan fingerprint density at radius 3 is 2.48 bits per heavy atom. The predicted molar refractivity (Wildman–Crippen MR) is 86.9 cm³/mol. The van der Waals surface area contributed by atoms with Crippen molar-refractivity contribution < 1.29 is 19.8 Å². The Balaban J connectivity index is 2.14. The van der Waals surface area contributed by atoms with Gasteiger partial charge in [0, 0.05) is 19.5 Å². The first-order valence-electron chi connectivity index (χ1n) is 8.08. The second kappa shape index (κ2) is 7.13. The first-order valence-corrected chi connectivity index (χ1v) is 8.08. The van der Waals surface area contributed by atoms with Crippen LogP contribution < -0.4 is 0 Å². The summed E-state index contributed by atoms with van der Waals surface area (Å²) in [7, 11) is 0. The van der Waals surface area contributed by atoms with Crippen LogP contribution in [0.2, 0.25) is 0 Å². The Kier molecular flexibility index (Phi) is 5.42. The third kappa shape index (κ3) is 3.91. The molecule has 5 nitrogen and oxygen atoms in total. The van der Waals surface area contributed by atoms with Crippen LogP contribution in [0.5, 0.6) is 0 Å². The average molecular weight is 319 g/mol. The summed E-state index contributed by atoms with van der Waals surface area (Å²) >= 11 is 0. The number of aliphatic carboxylic acids is 1. The lowest BCUT2D eigenvalue weighted by atomic mass is 9.71. The Morgan fingerprint density at radius 1 is 1.30 bits per heavy atom. The van der Waals surface area contributed by atoms with Crippen molar-refractivity contribution >= 4 is 11.9 Å². The summed E-state index contributed by atoms with van der Waals surface area (Å²) in [5.41, 5.74) is -0.341. The molecule has 1 unspecified atom stereocenters. The zero-order valence-electron chi connectivity index (χ0n) is 13.7. The van der Waals surface area contributed by atoms with E-state index in [1.165, 1.54) is 0 Å². The van der Waals surface area contributed by atoms with Crippen molar-refractivity contribution in [3.05, 3.63) is 35.9 Å². The highest BCUT2D eigenvalue weighted by Crippen LogP contribution is 2.36. The molecular formula is C18H25NO4. The first-order chi connectivity index (χ1) is 10.8. The molecule has 23 heavy (non-hydrogen) atoms. The van der Waals surface area contributed by atoms with Gasteiger partial charge in [-0.15, -0.1) is 0 Å². The molecule has 126 valence electrons. The fraction of sp³-hybridized carbons (Fsp3) is 0.556. The topological polar surface area (TPSA) is 77.8 Å². The molecule has 0 spiro atoms. The maximum absolute atomic E-state index is 12.2. The van der Waals surface area contributed by atoms with Crippen LogP contribution in [0.3, 0.4) is 0 Å². The number of rotatable bonds is 5. The van der Waals surface area contributed by atoms with E-state index in [1.54, 1.807) is 4.90 Å². The number of nitrogens with zero attached hydrogens (tertiary/aromatic N) is 1. The third-order valence-electron chi connectivity index (χ3n) is 4.58. The minimum absolute atomic E-state index is 0.0160. The average Bonchev–Trinajstić information content (AvgIpc) is 2.49. The van der Waals surface area contributed by atoms with E-state index < -0.39 is 17.5 Å². The van der Waals surface area contributed by atoms with E-state index in [4.69, 9.17) is 0 Å². The summed E-state index contributed by atoms with van der Waals surface area (Å²) < 4.78 is 0. The van der Waals surface area contributed by atoms with Gasteiger partial charge in [0.15, 0.2) is 0 Å². The van der Waals surface area contributed by atoms with Gasteiger partial charge in [0.25, 0.3) is 0 Å². The number of benzene rings is 1. The Labute approximate surface area is 136 Å². The monoisotopic (exact) mass is 319 g/mol. The Morgan fingerprint density at radius 2 is 1.96 bits per heavy atom. The maximum atomic E-state index is 12.2. The molecule has 2 rings (SSSR count). The van der Waals surface area contributed by atoms with Gasteiger partial charge in [0.1, 0.15) is 5.41 Å². The molecule has 0 aromatic heterocycles. The summed E-state index contributed by atoms with van der Waals surface area (Å²) in [4.78, 5) is 25.6. The highest BCUT2D eigenvalue weighted by molar-refractivity contribution is 5.79. The summed E-state index contributed by atoms with van der Waals surface area (Å²) in [5, 5.41) is 20.3. The minimum atomic E-state index is -1.23. The zero-order valence-corrected chi connectivity index (χ0v) is 13.7. The molecule has 1 aliphatic rings. The normalized spacial score (nSPS) is 24.7. The molecule has 0 radical (unpaired) electrons. The molecule has 5 heteroatoms. The molecule has 1 aromatic rings. The van der Waals surface area contributed by atoms with Crippen LogP contribution in [0.1, 0.15) is 32.3 Å². The van der Waals surface area contributed by atoms with Crippen LogP contribution in [0, 0.1) is 11.3 Å². The van der Waals surface area contributed by atoms with Crippen molar-refractivity contribution in [1.29, 1.82) is 0 Å². The molecule has 2 N–H and O–H groups in total. The largest absolute Gasteiger partial charge is 0.481 e. The lowest BCUT2D eigenvalue weighted by Gasteiger charge is -2.43. The van der Waals surface area contributed by atoms with Gasteiger partial charge >= 0.3 is 5.97 Å². The molecule has 1 amide bonds. The van der Waals surface area contributed by atoms with Gasteiger partial charge in [-0.1, -0.05) is 44.2 Å². The highest BCUT2D eigenvalue weighted by atomic mass is 16.4. The fourth-order valence-corrected chi connectivity index (χ4v) is 3.17. The van der Waals surface area contributed by atoms with Gasteiger partial charge in [-0.3, -0.25) is 9.59 Å². The number of hydrogen-bond acceptors (Lipinski definition) is 3. The second-order valence-electron chi connectivity index (χ2n) is 6.83. The number of aliphatic hydroxyl groups excluding tert-OH is 1. The summed E-state index contributed by atoms with van der Waals surface area (Å²) in [6.45, 7) is 4.40. The molecule has 0 saturated carbocycles. The molecule has 1 aliphatic heterocycles. The number of amides is 1. The number of piperidine rings is 1. The summed E-state index contributed by atoms with van der Waals surface area (Å²) in [5.74, 6) is -0.766. The van der Waals surface area contributed by atoms with Crippen molar-refractivity contribution in [1.82, 2.24) is 4.90 Å². The molecule has 1 aromatic carbocycles. The number of β-amino-alcohol motifs (C(OH)–C–C–N with tert-alkyl or cyclic N) is 1. The van der Waals surface area contributed by atoms with Crippen molar-refractivity contribution in [2.75, 3.05) is 13.1 Å². The Bertz CT molecular complexity index is 557. The molecule has 1 heterocycles. The van der Waals surface area contributed by atoms with Crippen LogP contribution in [-0.2, 0) is 16.0 Å². The molecule has 0 aliphatic carbocycles. The maximum Gasteiger partial charge on any atom is 0.312 e. The third-order valence-corrected chi connectivity index (χ3v) is 4.58. The number of likely N-dealkylation sites (tertiary alicyclic amines) is 1. The van der Waals surface area contributed by atoms with Crippen molar-refractivity contribution in [2.45, 2.75) is 39.2 Å². The number of aliphatic hydroxyl groups is 1. The van der Waals surface area contributed by atoms with E-state index in [2.05, 4.69) is 0 Å². The standard InChI is InChI=1S/C18H25NO4/c1-13(2)10-16(21)19-9-8-18(17(22)23,15(20)12-19)11-14-6-4-3-5-7-14/h3-7,13,15,20H,8-12H2,1-2H3,(H,22,23)/t15?,18-/m1/s1. The fourth-order valence-electron chi connectivity index (χ4n) is 3.17. The summed E-state index contributed by atoms with van der Waals surface area (Å²) in [6.07, 6.45) is -0.102. The van der Waals surface area contributed by atoms with Crippen LogP contribution in [-0.4, -0.2) is 46.2 Å². The van der Waals surface area contributed by atoms with Gasteiger partial charge in [0.2, 0.25) is 5.91 Å². The SMILES string of the molecule is CC(C)CC(=O)N1CC[C@](Cc2ccccc2)(C(=O)O)C(O)C1. The van der Waals surface area contributed by atoms with Gasteiger partial charge in [-0.25, -0.2) is 0 Å². The zero-order chi connectivity index (χ0) is 17.0. The van der Waals surface area contributed by atoms with Crippen LogP contribution in [0.15, 0.2) is 30.3 Å². The van der Waals surface area contributed by atoms with E-state index in [0.717, 1.165) is 5.56 Å². The van der Waals surface area contributed by atoms with Crippen LogP contribution in [0.4, 0.5) is 0 Å². The number of hydrogen-bond donors (Lipinski definition) is 2. The smallest absolute Gasteiger partial charge is 0.312 e. The van der Waals surface area contributed by atoms with Crippen molar-refractivity contribution in [3.8, 4) is 0 Å². The van der Waals surface area contributed by atoms with Gasteiger partial charge < -0.3 is 15.1 Å². The van der Waals surface area contributed by atoms with Gasteiger partial charge in [-0.05, 0) is 24.3 Å². The van der Waals surface area contributed by atoms with E-state index >= 15 is 0 Å². The highest BCUT2D eigenvalue weighted by Gasteiger charge is 2.49. The lowest BCUT2D eigenvalue weighted by Crippen LogP contribution is -2.57. The van der Waals surface area contributed by atoms with Crippen molar-refractivity contribution in [2.24, 2.45) is 11.3 Å². The van der Waals surface area contributed by atoms with E-state index in [9.17, 15) is 19.8 Å². The van der Waals surface area contributed by atoms with Gasteiger partial charge in [-0.2, -0.15) is 0 Å². The number of carbonyl (C=O) groups is 2. The Hall–Kier alpha value is -1.88. The number of carboxylic acid groups (broad SMARTS) is 1. The number of carbonyl (C=O) groups excluding carboxylic acids is 1. The van der Waals surface area contributed by atoms with E-state index in [0.29, 0.717) is 13.0 Å². The lowest BCUT2D eigenvalue weighted by molar-refractivity contribution is -0.166. The second-order valence-corrected chi connectivity index (χ2v) is 6.83. The molecule has 2 atom stereocenters. The molecule has 1 saturated heterocycles. The van der Waals surface area contributed by atoms with Crippen LogP contribution in [0.25, 0.3) is 0 Å². The van der Waals surface area contributed by atoms with Gasteiger partial charge in [0.05, 0.1) is 6.10 Å². The van der Waals surface area contributed by atoms with Crippen LogP contribution >= 0.6 is 0 Å². The predicted octanol–water partition coefficient (Wildman–Crippen LogP) is 1.94. The van der Waals surface area contributed by atoms with E-state index in [-0.39, 0.29) is 31.2 Å². The minimum Gasteiger partial charge on any atom is -0.481 e. The summed E-state index contributed by atoms with van der Waals surface area (Å²) in [6, 6.07) is 9.33. The first kappa shape index (κ1) is 17.5. The molecule has 0 bridgehead atoms. The van der Waals surface area contributed by atoms with Crippen molar-refractivity contribution in [3.63, 3.8) is 0 Å². The van der Waals surface area contributed by atoms with E-state index in [1.807, 2.05) is 44.2 Å². The molecular weight excluding hydrogens is 294 g/mol. The number of carboxylic acids is 1.